The molecule has 0 amide bonds. The van der Waals surface area contributed by atoms with E-state index in [9.17, 15) is 50.4 Å². The second-order valence-corrected chi connectivity index (χ2v) is 18.9. The second kappa shape index (κ2) is 41.3. The highest BCUT2D eigenvalue weighted by molar-refractivity contribution is 6.01. The molecule has 0 radical (unpaired) electrons. The van der Waals surface area contributed by atoms with Crippen molar-refractivity contribution in [2.24, 2.45) is 0 Å². The number of aliphatic hydroxyl groups is 4. The Bertz CT molecular complexity index is 4270. The number of nitrogens with one attached hydrogen (secondary N) is 1. The van der Waals surface area contributed by atoms with Gasteiger partial charge in [-0.1, -0.05) is 158 Å². The van der Waals surface area contributed by atoms with Crippen LogP contribution in [0.1, 0.15) is 179 Å². The number of fused-ring (bicyclic) bond motifs is 2. The molecule has 472 valence electrons. The predicted octanol–water partition coefficient (Wildman–Crippen LogP) is 11.0. The van der Waals surface area contributed by atoms with Gasteiger partial charge in [0.05, 0.1) is 50.6 Å². The van der Waals surface area contributed by atoms with E-state index < -0.39 is 136 Å². The molecule has 8 rings (SSSR count). The lowest BCUT2D eigenvalue weighted by atomic mass is 10.1. The van der Waals surface area contributed by atoms with Gasteiger partial charge >= 0.3 is 11.9 Å². The normalized spacial score (nSPS) is 17.5. The molecule has 0 bridgehead atoms. The molecule has 0 aromatic heterocycles. The summed E-state index contributed by atoms with van der Waals surface area (Å²) in [5.74, 6) is -3.04. The molecule has 88 heavy (non-hydrogen) atoms. The van der Waals surface area contributed by atoms with E-state index in [0.717, 1.165) is 35.0 Å². The lowest BCUT2D eigenvalue weighted by Gasteiger charge is -2.14. The van der Waals surface area contributed by atoms with Crippen molar-refractivity contribution in [3.05, 3.63) is 214 Å². The van der Waals surface area contributed by atoms with Gasteiger partial charge in [-0.15, -0.1) is 0 Å². The molecule has 16 heteroatoms. The van der Waals surface area contributed by atoms with Crippen LogP contribution in [0.5, 0.6) is 23.0 Å². The fourth-order valence-corrected chi connectivity index (χ4v) is 8.00. The summed E-state index contributed by atoms with van der Waals surface area (Å²) >= 11 is 0. The minimum absolute atomic E-state index is 0.0660. The molecule has 0 aliphatic heterocycles. The zero-order chi connectivity index (χ0) is 86.3. The Labute approximate surface area is 553 Å². The van der Waals surface area contributed by atoms with Gasteiger partial charge in [0.2, 0.25) is 0 Å². The summed E-state index contributed by atoms with van der Waals surface area (Å²) in [7, 11) is 0. The van der Waals surface area contributed by atoms with Crippen molar-refractivity contribution in [2.45, 2.75) is 115 Å². The van der Waals surface area contributed by atoms with E-state index in [1.54, 1.807) is 48.5 Å². The van der Waals surface area contributed by atoms with Gasteiger partial charge in [-0.3, -0.25) is 0 Å². The van der Waals surface area contributed by atoms with Crippen molar-refractivity contribution < 1.29 is 111 Å². The van der Waals surface area contributed by atoms with Crippen LogP contribution in [0, 0.1) is 0 Å². The maximum Gasteiger partial charge on any atom is 0.339 e. The smallest absolute Gasteiger partial charge is 0.339 e. The van der Waals surface area contributed by atoms with Crippen LogP contribution in [0.15, 0.2) is 170 Å². The lowest BCUT2D eigenvalue weighted by Crippen LogP contribution is -2.85. The summed E-state index contributed by atoms with van der Waals surface area (Å²) in [5, 5.41) is 105. The molecule has 2 atom stereocenters. The minimum Gasteiger partial charge on any atom is -0.871 e. The summed E-state index contributed by atoms with van der Waals surface area (Å²) < 4.78 is 220. The Kier molecular flexibility index (Phi) is 19.4. The molecule has 2 unspecified atom stereocenters. The van der Waals surface area contributed by atoms with E-state index in [0.29, 0.717) is 72.8 Å². The second-order valence-electron chi connectivity index (χ2n) is 18.9. The quantitative estimate of drug-likeness (QED) is 0.0167. The standard InChI is InChI=1S/2C25H37NO4.2C11H8O3/c2*27-20-23-18-22(13-14-24(23)28)25(29)19-26-15-7-1-2-8-16-30-17-9-6-12-21-10-4-3-5-11-21;2*12-10-8-4-2-1-3-7(8)5-6-9(10)11(13)14/h2*3-5,10-11,13-14,18,25-29H,1-2,6-9,12,15-17,19-20H2;2*1-6,12H,(H,13,14)/i2*3D,6D2,9D2,10D,11D,12D2,16D2,17D2;;. The van der Waals surface area contributed by atoms with Gasteiger partial charge in [-0.2, -0.15) is 0 Å². The van der Waals surface area contributed by atoms with Crippen molar-refractivity contribution in [3.63, 3.8) is 0 Å². The fraction of sp³-hybridized carbons (Fsp3) is 0.361. The lowest BCUT2D eigenvalue weighted by molar-refractivity contribution is -0.662. The maximum absolute atomic E-state index is 11.6. The maximum atomic E-state index is 11.6. The number of benzene rings is 8. The Morgan fingerprint density at radius 1 is 0.545 bits per heavy atom. The monoisotopic (exact) mass is 1230 g/mol. The van der Waals surface area contributed by atoms with Crippen LogP contribution in [-0.2, 0) is 35.4 Å². The number of unbranched alkanes of at least 4 members (excludes halogenated alkanes) is 4. The molecule has 12 N–H and O–H groups in total. The number of quaternary nitrogens is 1. The van der Waals surface area contributed by atoms with Gasteiger partial charge in [-0.05, 0) is 152 Å². The zero-order valence-corrected chi connectivity index (χ0v) is 47.9. The summed E-state index contributed by atoms with van der Waals surface area (Å²) in [5.41, 5.74) is -0.396. The summed E-state index contributed by atoms with van der Waals surface area (Å²) in [6.45, 7) is -12.2. The van der Waals surface area contributed by atoms with Crippen molar-refractivity contribution in [3.8, 4) is 23.0 Å². The summed E-state index contributed by atoms with van der Waals surface area (Å²) in [6, 6.07) is 28.8. The number of phenols is 3. The molecule has 0 saturated heterocycles. The Hall–Kier alpha value is -7.90. The van der Waals surface area contributed by atoms with E-state index >= 15 is 0 Å². The number of rotatable bonds is 34. The number of aliphatic hydroxyl groups excluding tert-OH is 4. The molecular weight excluding hydrogens is 1120 g/mol. The number of aromatic carboxylic acids is 2. The van der Waals surface area contributed by atoms with E-state index in [2.05, 4.69) is 5.32 Å². The predicted molar refractivity (Wildman–Crippen MR) is 343 cm³/mol. The molecule has 16 nitrogen and oxygen atoms in total. The molecular formula is C72H90N2O14. The van der Waals surface area contributed by atoms with Gasteiger partial charge < -0.3 is 71.2 Å². The van der Waals surface area contributed by atoms with Crippen LogP contribution in [0.3, 0.4) is 0 Å². The Morgan fingerprint density at radius 2 is 1.02 bits per heavy atom. The Balaban J connectivity index is 0.000000303. The van der Waals surface area contributed by atoms with Crippen LogP contribution in [0.4, 0.5) is 0 Å². The van der Waals surface area contributed by atoms with Crippen LogP contribution in [-0.4, -0.2) is 110 Å². The van der Waals surface area contributed by atoms with Gasteiger partial charge in [0.1, 0.15) is 35.5 Å². The van der Waals surface area contributed by atoms with Crippen LogP contribution in [0.2, 0.25) is 0 Å². The van der Waals surface area contributed by atoms with Gasteiger partial charge in [-0.25, -0.2) is 9.59 Å². The van der Waals surface area contributed by atoms with Crippen LogP contribution < -0.4 is 15.7 Å². The number of carboxylic acid groups (broad SMARTS) is 2. The molecule has 0 aliphatic carbocycles. The minimum atomic E-state index is -3.81. The van der Waals surface area contributed by atoms with Crippen molar-refractivity contribution in [1.29, 1.82) is 0 Å². The first-order chi connectivity index (χ1) is 52.6. The molecule has 0 aliphatic rings. The highest BCUT2D eigenvalue weighted by Crippen LogP contribution is 2.29. The van der Waals surface area contributed by atoms with E-state index in [-0.39, 0.29) is 85.0 Å². The largest absolute Gasteiger partial charge is 0.871 e. The first-order valence-corrected chi connectivity index (χ1v) is 27.8. The first-order valence-electron chi connectivity index (χ1n) is 40.8. The first kappa shape index (κ1) is 41.3. The van der Waals surface area contributed by atoms with Crippen LogP contribution >= 0.6 is 0 Å². The highest BCUT2D eigenvalue weighted by atomic mass is 16.5. The van der Waals surface area contributed by atoms with Crippen molar-refractivity contribution in [1.82, 2.24) is 5.32 Å². The van der Waals surface area contributed by atoms with Gasteiger partial charge in [0.15, 0.2) is 0 Å². The van der Waals surface area contributed by atoms with E-state index in [1.807, 2.05) is 23.5 Å². The zero-order valence-electron chi connectivity index (χ0n) is 73.9. The summed E-state index contributed by atoms with van der Waals surface area (Å²) in [6.07, 6.45) is -22.2. The average Bonchev–Trinajstić information content (AvgIpc) is 0.723. The van der Waals surface area contributed by atoms with E-state index in [1.165, 1.54) is 42.5 Å². The number of ether oxygens (including phenoxy) is 2. The third-order valence-electron chi connectivity index (χ3n) is 12.7. The summed E-state index contributed by atoms with van der Waals surface area (Å²) in [4.78, 5) is 21.4. The average molecular weight is 1230 g/mol. The van der Waals surface area contributed by atoms with Gasteiger partial charge in [0.25, 0.3) is 0 Å². The van der Waals surface area contributed by atoms with Crippen molar-refractivity contribution >= 4 is 33.5 Å². The number of carboxylic acids is 2. The number of nitrogens with two attached hydrogens (primary N) is 1. The number of carbonyl (C=O) groups is 2. The highest BCUT2D eigenvalue weighted by Gasteiger charge is 2.14. The van der Waals surface area contributed by atoms with E-state index in [4.69, 9.17) is 55.3 Å². The fourth-order valence-electron chi connectivity index (χ4n) is 8.00. The Morgan fingerprint density at radius 3 is 1.56 bits per heavy atom. The molecule has 0 heterocycles. The molecule has 8 aromatic carbocycles. The SMILES string of the molecule is O=C(O)c1ccc2ccccc2c1O.O=C(O)c1ccc2ccccc2c1[O-].[2H]c1cc([2H])c(C([2H])([2H])C([2H])([2H])C([2H])([2H])C([2H])([2H])OC([2H])([2H])CCCCCNCC(O)c2ccc(O)c(CO)c2)c([2H])c1.[2H]c1cc([2H])c(C([2H])([2H])C([2H])([2H])C([2H])([2H])C([2H])([2H])OC([2H])([2H])CCCCC[NH2+]CC(O)c2ccc(O)c(CO)c2)c([2H])c1. The third kappa shape index (κ3) is 25.8. The topological polar surface area (TPSA) is 286 Å². The molecule has 0 spiro atoms. The molecule has 0 saturated carbocycles. The van der Waals surface area contributed by atoms with Crippen LogP contribution in [0.25, 0.3) is 21.5 Å². The molecule has 0 fully saturated rings. The number of aromatic hydroxyl groups is 3. The number of hydrogen-bond donors (Lipinski definition) is 11. The van der Waals surface area contributed by atoms with Gasteiger partial charge in [0, 0.05) is 65.7 Å². The number of hydrogen-bond acceptors (Lipinski definition) is 13. The third-order valence-corrected chi connectivity index (χ3v) is 12.7. The van der Waals surface area contributed by atoms with Crippen molar-refractivity contribution in [2.75, 3.05) is 52.4 Å². The molecule has 8 aromatic rings.